The van der Waals surface area contributed by atoms with E-state index in [1.807, 2.05) is 13.8 Å². The number of nitrogens with one attached hydrogen (secondary N) is 2. The molecule has 1 heterocycles. The van der Waals surface area contributed by atoms with Crippen molar-refractivity contribution in [3.05, 3.63) is 65.2 Å². The van der Waals surface area contributed by atoms with Crippen molar-refractivity contribution in [1.29, 1.82) is 0 Å². The van der Waals surface area contributed by atoms with E-state index in [4.69, 9.17) is 4.74 Å². The molecule has 0 unspecified atom stereocenters. The van der Waals surface area contributed by atoms with Gasteiger partial charge in [0.1, 0.15) is 11.6 Å². The van der Waals surface area contributed by atoms with Crippen LogP contribution in [-0.2, 0) is 25.5 Å². The largest absolute Gasteiger partial charge is 0.444 e. The molecule has 2 aromatic rings. The highest BCUT2D eigenvalue weighted by atomic mass is 32.2. The number of alkyl carbamates (subject to hydrolysis) is 1. The van der Waals surface area contributed by atoms with Gasteiger partial charge in [0.2, 0.25) is 5.91 Å². The van der Waals surface area contributed by atoms with Gasteiger partial charge in [-0.25, -0.2) is 13.2 Å². The molecule has 1 aliphatic carbocycles. The average Bonchev–Trinajstić information content (AvgIpc) is 3.30. The number of halogens is 3. The minimum atomic E-state index is -4.63. The van der Waals surface area contributed by atoms with Gasteiger partial charge < -0.3 is 20.3 Å². The van der Waals surface area contributed by atoms with Crippen molar-refractivity contribution in [2.45, 2.75) is 101 Å². The first-order chi connectivity index (χ1) is 21.3. The Balaban J connectivity index is 1.52. The quantitative estimate of drug-likeness (QED) is 0.374. The van der Waals surface area contributed by atoms with Crippen LogP contribution >= 0.6 is 0 Å². The van der Waals surface area contributed by atoms with Crippen molar-refractivity contribution in [3.8, 4) is 0 Å². The Morgan fingerprint density at radius 3 is 2.28 bits per heavy atom. The highest BCUT2D eigenvalue weighted by Crippen LogP contribution is 2.35. The van der Waals surface area contributed by atoms with Crippen LogP contribution in [0.15, 0.2) is 53.4 Å². The van der Waals surface area contributed by atoms with E-state index in [9.17, 15) is 36.0 Å². The summed E-state index contributed by atoms with van der Waals surface area (Å²) in [6, 6.07) is 8.85. The van der Waals surface area contributed by atoms with Gasteiger partial charge in [-0.3, -0.25) is 9.59 Å². The number of alkyl halides is 3. The molecule has 9 nitrogen and oxygen atoms in total. The summed E-state index contributed by atoms with van der Waals surface area (Å²) in [5, 5.41) is 5.41. The monoisotopic (exact) mass is 665 g/mol. The van der Waals surface area contributed by atoms with Gasteiger partial charge in [0.25, 0.3) is 5.91 Å². The van der Waals surface area contributed by atoms with Crippen LogP contribution in [0.3, 0.4) is 0 Å². The predicted molar refractivity (Wildman–Crippen MR) is 166 cm³/mol. The minimum absolute atomic E-state index is 0.164. The number of carbonyl (C=O) groups is 3. The molecular weight excluding hydrogens is 623 g/mol. The molecule has 2 fully saturated rings. The summed E-state index contributed by atoms with van der Waals surface area (Å²) in [5.74, 6) is -1.82. The molecule has 1 aliphatic heterocycles. The minimum Gasteiger partial charge on any atom is -0.444 e. The number of hydrogen-bond donors (Lipinski definition) is 2. The number of benzene rings is 2. The Kier molecular flexibility index (Phi) is 10.4. The third-order valence-electron chi connectivity index (χ3n) is 8.40. The second kappa shape index (κ2) is 13.6. The maximum Gasteiger partial charge on any atom is 0.416 e. The Labute approximate surface area is 268 Å². The van der Waals surface area contributed by atoms with Crippen LogP contribution in [0.4, 0.5) is 18.0 Å². The first-order valence-electron chi connectivity index (χ1n) is 15.4. The summed E-state index contributed by atoms with van der Waals surface area (Å²) in [6.45, 7) is 9.48. The summed E-state index contributed by atoms with van der Waals surface area (Å²) in [6.07, 6.45) is -3.88. The van der Waals surface area contributed by atoms with Gasteiger partial charge in [0.15, 0.2) is 9.84 Å². The van der Waals surface area contributed by atoms with Gasteiger partial charge in [-0.2, -0.15) is 13.2 Å². The molecule has 0 aromatic heterocycles. The third-order valence-corrected chi connectivity index (χ3v) is 10.3. The molecule has 4 atom stereocenters. The molecule has 252 valence electrons. The summed E-state index contributed by atoms with van der Waals surface area (Å²) < 4.78 is 72.2. The standard InChI is InChI=1S/C33H42F3N3O6S/c1-20(2)21-9-12-26(13-10-21)46(43,44)19-23-18-25(37-31(42)45-32(3,4)5)11-14-28(23)39-16-15-27(30(39)41)38-29(40)22-7-6-8-24(17-22)33(34,35)36/h6-10,12-13,17,20,23,25,27-28H,11,14-16,18-19H2,1-5H3,(H,37,42)(H,38,40)/t23-,25+,27-,28-/m0/s1. The first kappa shape index (κ1) is 35.2. The zero-order valence-corrected chi connectivity index (χ0v) is 27.5. The normalized spacial score (nSPS) is 22.5. The molecule has 1 saturated heterocycles. The fraction of sp³-hybridized carbons (Fsp3) is 0.545. The van der Waals surface area contributed by atoms with Crippen molar-refractivity contribution in [2.24, 2.45) is 5.92 Å². The van der Waals surface area contributed by atoms with Crippen LogP contribution in [0.2, 0.25) is 0 Å². The number of amides is 3. The Morgan fingerprint density at radius 2 is 1.67 bits per heavy atom. The van der Waals surface area contributed by atoms with Crippen molar-refractivity contribution in [3.63, 3.8) is 0 Å². The van der Waals surface area contributed by atoms with Gasteiger partial charge in [-0.1, -0.05) is 32.0 Å². The lowest BCUT2D eigenvalue weighted by molar-refractivity contribution is -0.137. The van der Waals surface area contributed by atoms with Crippen LogP contribution in [0, 0.1) is 5.92 Å². The molecule has 0 bridgehead atoms. The number of sulfone groups is 1. The van der Waals surface area contributed by atoms with E-state index in [1.54, 1.807) is 49.9 Å². The lowest BCUT2D eigenvalue weighted by Gasteiger charge is -2.41. The summed E-state index contributed by atoms with van der Waals surface area (Å²) in [5.41, 5.74) is -0.916. The van der Waals surface area contributed by atoms with Gasteiger partial charge in [-0.05, 0) is 94.2 Å². The van der Waals surface area contributed by atoms with Crippen molar-refractivity contribution in [1.82, 2.24) is 15.5 Å². The number of nitrogens with zero attached hydrogens (tertiary/aromatic N) is 1. The zero-order valence-electron chi connectivity index (χ0n) is 26.7. The highest BCUT2D eigenvalue weighted by molar-refractivity contribution is 7.91. The second-order valence-electron chi connectivity index (χ2n) is 13.4. The lowest BCUT2D eigenvalue weighted by atomic mass is 9.81. The third kappa shape index (κ3) is 8.80. The Bertz CT molecular complexity index is 1540. The van der Waals surface area contributed by atoms with Gasteiger partial charge in [0.05, 0.1) is 16.2 Å². The van der Waals surface area contributed by atoms with E-state index in [2.05, 4.69) is 10.6 Å². The lowest BCUT2D eigenvalue weighted by Crippen LogP contribution is -2.53. The first-order valence-corrected chi connectivity index (χ1v) is 17.1. The summed E-state index contributed by atoms with van der Waals surface area (Å²) in [7, 11) is -3.79. The number of likely N-dealkylation sites (tertiary alicyclic amines) is 1. The highest BCUT2D eigenvalue weighted by Gasteiger charge is 2.44. The number of hydrogen-bond acceptors (Lipinski definition) is 6. The van der Waals surface area contributed by atoms with E-state index in [1.165, 1.54) is 6.07 Å². The smallest absolute Gasteiger partial charge is 0.416 e. The van der Waals surface area contributed by atoms with Crippen molar-refractivity contribution < 1.29 is 40.7 Å². The van der Waals surface area contributed by atoms with Crippen LogP contribution in [0.5, 0.6) is 0 Å². The molecular formula is C33H42F3N3O6S. The average molecular weight is 666 g/mol. The molecule has 3 amide bonds. The maximum atomic E-state index is 13.7. The van der Waals surface area contributed by atoms with Gasteiger partial charge >= 0.3 is 12.3 Å². The fourth-order valence-corrected chi connectivity index (χ4v) is 7.79. The fourth-order valence-electron chi connectivity index (χ4n) is 6.12. The van der Waals surface area contributed by atoms with Crippen LogP contribution in [-0.4, -0.2) is 67.2 Å². The van der Waals surface area contributed by atoms with Crippen LogP contribution in [0.1, 0.15) is 87.7 Å². The topological polar surface area (TPSA) is 122 Å². The molecule has 1 saturated carbocycles. The SMILES string of the molecule is CC(C)c1ccc(S(=O)(=O)C[C@@H]2C[C@H](NC(=O)OC(C)(C)C)CC[C@@H]2N2CC[C@H](NC(=O)c3cccc(C(F)(F)F)c3)C2=O)cc1. The molecule has 46 heavy (non-hydrogen) atoms. The van der Waals surface area contributed by atoms with E-state index < -0.39 is 63.1 Å². The van der Waals surface area contributed by atoms with E-state index >= 15 is 0 Å². The van der Waals surface area contributed by atoms with E-state index in [0.717, 1.165) is 23.8 Å². The van der Waals surface area contributed by atoms with Crippen molar-refractivity contribution in [2.75, 3.05) is 12.3 Å². The molecule has 0 radical (unpaired) electrons. The molecule has 2 N–H and O–H groups in total. The molecule has 13 heteroatoms. The molecule has 2 aliphatic rings. The van der Waals surface area contributed by atoms with Crippen LogP contribution < -0.4 is 10.6 Å². The second-order valence-corrected chi connectivity index (χ2v) is 15.4. The van der Waals surface area contributed by atoms with Gasteiger partial charge in [0, 0.05) is 24.2 Å². The van der Waals surface area contributed by atoms with Gasteiger partial charge in [-0.15, -0.1) is 0 Å². The molecule has 0 spiro atoms. The molecule has 4 rings (SSSR count). The van der Waals surface area contributed by atoms with E-state index in [0.29, 0.717) is 12.8 Å². The zero-order chi connectivity index (χ0) is 34.0. The Morgan fingerprint density at radius 1 is 1.00 bits per heavy atom. The predicted octanol–water partition coefficient (Wildman–Crippen LogP) is 5.70. The summed E-state index contributed by atoms with van der Waals surface area (Å²) >= 11 is 0. The number of carbonyl (C=O) groups excluding carboxylic acids is 3. The van der Waals surface area contributed by atoms with Crippen molar-refractivity contribution >= 4 is 27.7 Å². The number of rotatable bonds is 8. The summed E-state index contributed by atoms with van der Waals surface area (Å²) in [4.78, 5) is 40.7. The maximum absolute atomic E-state index is 13.7. The Hall–Kier alpha value is -3.61. The molecule has 2 aromatic carbocycles. The van der Waals surface area contributed by atoms with Crippen LogP contribution in [0.25, 0.3) is 0 Å². The van der Waals surface area contributed by atoms with E-state index in [-0.39, 0.29) is 47.6 Å². The number of ether oxygens (including phenoxy) is 1.